The molecular formula is C20H18N6. The van der Waals surface area contributed by atoms with Crippen molar-refractivity contribution in [2.24, 2.45) is 0 Å². The third-order valence-corrected chi connectivity index (χ3v) is 4.07. The van der Waals surface area contributed by atoms with Gasteiger partial charge in [0, 0.05) is 61.2 Å². The van der Waals surface area contributed by atoms with Gasteiger partial charge in [0.1, 0.15) is 5.82 Å². The number of hydrogen-bond donors (Lipinski definition) is 2. The Hall–Kier alpha value is -3.54. The first-order valence-corrected chi connectivity index (χ1v) is 8.39. The first-order chi connectivity index (χ1) is 12.9. The first kappa shape index (κ1) is 16.0. The van der Waals surface area contributed by atoms with Crippen LogP contribution in [0, 0.1) is 0 Å². The Morgan fingerprint density at radius 3 is 2.00 bits per heavy atom. The van der Waals surface area contributed by atoms with Crippen LogP contribution >= 0.6 is 0 Å². The lowest BCUT2D eigenvalue weighted by molar-refractivity contribution is 1.10. The molecule has 128 valence electrons. The third kappa shape index (κ3) is 3.75. The second kappa shape index (κ2) is 7.57. The van der Waals surface area contributed by atoms with Crippen LogP contribution in [0.5, 0.6) is 0 Å². The molecule has 4 aromatic heterocycles. The molecule has 0 aliphatic rings. The van der Waals surface area contributed by atoms with Crippen LogP contribution in [-0.4, -0.2) is 19.9 Å². The van der Waals surface area contributed by atoms with Gasteiger partial charge in [-0.05, 0) is 41.5 Å². The Morgan fingerprint density at radius 1 is 0.692 bits per heavy atom. The highest BCUT2D eigenvalue weighted by molar-refractivity contribution is 5.92. The quantitative estimate of drug-likeness (QED) is 0.557. The molecule has 6 heteroatoms. The van der Waals surface area contributed by atoms with Crippen molar-refractivity contribution in [1.29, 1.82) is 0 Å². The van der Waals surface area contributed by atoms with Crippen molar-refractivity contribution >= 4 is 22.4 Å². The van der Waals surface area contributed by atoms with Crippen LogP contribution in [0.25, 0.3) is 10.9 Å². The Labute approximate surface area is 151 Å². The Kier molecular flexibility index (Phi) is 4.64. The normalized spacial score (nSPS) is 10.6. The number of aromatic nitrogens is 4. The molecule has 6 nitrogen and oxygen atoms in total. The molecule has 0 saturated heterocycles. The Bertz CT molecular complexity index is 989. The fourth-order valence-electron chi connectivity index (χ4n) is 2.71. The van der Waals surface area contributed by atoms with Crippen LogP contribution in [-0.2, 0) is 13.1 Å². The van der Waals surface area contributed by atoms with E-state index in [2.05, 4.69) is 30.6 Å². The second-order valence-electron chi connectivity index (χ2n) is 5.87. The van der Waals surface area contributed by atoms with Crippen LogP contribution in [0.4, 0.5) is 11.5 Å². The molecule has 0 aliphatic heterocycles. The van der Waals surface area contributed by atoms with Crippen molar-refractivity contribution < 1.29 is 0 Å². The number of hydrogen-bond acceptors (Lipinski definition) is 6. The highest BCUT2D eigenvalue weighted by Gasteiger charge is 2.06. The maximum absolute atomic E-state index is 4.67. The average Bonchev–Trinajstić information content (AvgIpc) is 2.72. The van der Waals surface area contributed by atoms with E-state index >= 15 is 0 Å². The summed E-state index contributed by atoms with van der Waals surface area (Å²) in [6.45, 7) is 1.40. The summed E-state index contributed by atoms with van der Waals surface area (Å²) in [6.07, 6.45) is 10.7. The predicted octanol–water partition coefficient (Wildman–Crippen LogP) is 3.64. The molecule has 0 saturated carbocycles. The van der Waals surface area contributed by atoms with E-state index in [0.717, 1.165) is 28.0 Å². The molecule has 0 radical (unpaired) electrons. The molecule has 0 spiro atoms. The van der Waals surface area contributed by atoms with E-state index in [9.17, 15) is 0 Å². The topological polar surface area (TPSA) is 75.6 Å². The van der Waals surface area contributed by atoms with Gasteiger partial charge in [-0.15, -0.1) is 0 Å². The number of nitrogens with one attached hydrogen (secondary N) is 2. The summed E-state index contributed by atoms with van der Waals surface area (Å²) in [5.41, 5.74) is 4.19. The minimum Gasteiger partial charge on any atom is -0.380 e. The van der Waals surface area contributed by atoms with Crippen molar-refractivity contribution in [3.8, 4) is 0 Å². The van der Waals surface area contributed by atoms with E-state index in [1.54, 1.807) is 37.2 Å². The molecule has 0 unspecified atom stereocenters. The summed E-state index contributed by atoms with van der Waals surface area (Å²) in [5, 5.41) is 7.92. The summed E-state index contributed by atoms with van der Waals surface area (Å²) >= 11 is 0. The standard InChI is InChI=1S/C20H18N6/c1-6-21-7-2-15(1)12-24-18-11-20(25-13-16-3-8-22-9-4-16)26-19-14-23-10-5-17(18)19/h1-11,14H,12-13H2,(H2,24,25,26). The summed E-state index contributed by atoms with van der Waals surface area (Å²) in [4.78, 5) is 17.0. The molecule has 4 heterocycles. The number of anilines is 2. The summed E-state index contributed by atoms with van der Waals surface area (Å²) in [6, 6.07) is 12.0. The molecule has 4 rings (SSSR count). The van der Waals surface area contributed by atoms with E-state index in [4.69, 9.17) is 0 Å². The molecule has 26 heavy (non-hydrogen) atoms. The van der Waals surface area contributed by atoms with E-state index in [1.807, 2.05) is 36.4 Å². The van der Waals surface area contributed by atoms with E-state index < -0.39 is 0 Å². The van der Waals surface area contributed by atoms with Crippen molar-refractivity contribution in [3.63, 3.8) is 0 Å². The van der Waals surface area contributed by atoms with Gasteiger partial charge in [0.25, 0.3) is 0 Å². The summed E-state index contributed by atoms with van der Waals surface area (Å²) in [5.74, 6) is 0.805. The summed E-state index contributed by atoms with van der Waals surface area (Å²) < 4.78 is 0. The monoisotopic (exact) mass is 342 g/mol. The third-order valence-electron chi connectivity index (χ3n) is 4.07. The molecule has 0 aromatic carbocycles. The number of nitrogens with zero attached hydrogens (tertiary/aromatic N) is 4. The zero-order valence-electron chi connectivity index (χ0n) is 14.1. The minimum atomic E-state index is 0.686. The highest BCUT2D eigenvalue weighted by Crippen LogP contribution is 2.25. The van der Waals surface area contributed by atoms with Crippen LogP contribution < -0.4 is 10.6 Å². The molecule has 0 fully saturated rings. The lowest BCUT2D eigenvalue weighted by atomic mass is 10.2. The SMILES string of the molecule is c1cc(CNc2cc(NCc3ccncc3)c3ccncc3n2)ccn1. The molecule has 4 aromatic rings. The van der Waals surface area contributed by atoms with Crippen LogP contribution in [0.3, 0.4) is 0 Å². The smallest absolute Gasteiger partial charge is 0.129 e. The highest BCUT2D eigenvalue weighted by atomic mass is 15.0. The van der Waals surface area contributed by atoms with Crippen LogP contribution in [0.2, 0.25) is 0 Å². The van der Waals surface area contributed by atoms with Gasteiger partial charge in [0.15, 0.2) is 0 Å². The average molecular weight is 342 g/mol. The van der Waals surface area contributed by atoms with Crippen molar-refractivity contribution in [2.75, 3.05) is 10.6 Å². The molecule has 0 bridgehead atoms. The Balaban J connectivity index is 1.58. The van der Waals surface area contributed by atoms with Gasteiger partial charge in [-0.25, -0.2) is 4.98 Å². The predicted molar refractivity (Wildman–Crippen MR) is 103 cm³/mol. The summed E-state index contributed by atoms with van der Waals surface area (Å²) in [7, 11) is 0. The fraction of sp³-hybridized carbons (Fsp3) is 0.100. The van der Waals surface area contributed by atoms with E-state index in [-0.39, 0.29) is 0 Å². The second-order valence-corrected chi connectivity index (χ2v) is 5.87. The van der Waals surface area contributed by atoms with Crippen molar-refractivity contribution in [3.05, 3.63) is 84.7 Å². The first-order valence-electron chi connectivity index (χ1n) is 8.39. The Morgan fingerprint density at radius 2 is 1.31 bits per heavy atom. The number of rotatable bonds is 6. The minimum absolute atomic E-state index is 0.686. The van der Waals surface area contributed by atoms with Gasteiger partial charge in [0.2, 0.25) is 0 Å². The van der Waals surface area contributed by atoms with Crippen LogP contribution in [0.15, 0.2) is 73.6 Å². The van der Waals surface area contributed by atoms with E-state index in [0.29, 0.717) is 13.1 Å². The maximum Gasteiger partial charge on any atom is 0.129 e. The number of fused-ring (bicyclic) bond motifs is 1. The molecular weight excluding hydrogens is 324 g/mol. The lowest BCUT2D eigenvalue weighted by Gasteiger charge is -2.13. The van der Waals surface area contributed by atoms with Gasteiger partial charge in [-0.1, -0.05) is 0 Å². The number of pyridine rings is 4. The fourth-order valence-corrected chi connectivity index (χ4v) is 2.71. The molecule has 0 amide bonds. The maximum atomic E-state index is 4.67. The lowest BCUT2D eigenvalue weighted by Crippen LogP contribution is -2.05. The largest absolute Gasteiger partial charge is 0.380 e. The van der Waals surface area contributed by atoms with Gasteiger partial charge in [0.05, 0.1) is 11.7 Å². The van der Waals surface area contributed by atoms with Gasteiger partial charge < -0.3 is 10.6 Å². The van der Waals surface area contributed by atoms with Crippen LogP contribution in [0.1, 0.15) is 11.1 Å². The van der Waals surface area contributed by atoms with Gasteiger partial charge >= 0.3 is 0 Å². The van der Waals surface area contributed by atoms with Gasteiger partial charge in [-0.2, -0.15) is 0 Å². The zero-order chi connectivity index (χ0) is 17.6. The van der Waals surface area contributed by atoms with Crippen molar-refractivity contribution in [2.45, 2.75) is 13.1 Å². The molecule has 2 N–H and O–H groups in total. The molecule has 0 atom stereocenters. The molecule has 0 aliphatic carbocycles. The van der Waals surface area contributed by atoms with E-state index in [1.165, 1.54) is 5.56 Å². The zero-order valence-corrected chi connectivity index (χ0v) is 14.1. The van der Waals surface area contributed by atoms with Crippen molar-refractivity contribution in [1.82, 2.24) is 19.9 Å². The van der Waals surface area contributed by atoms with Gasteiger partial charge in [-0.3, -0.25) is 15.0 Å².